The largest absolute Gasteiger partial charge is 0.478 e. The van der Waals surface area contributed by atoms with E-state index in [1.807, 2.05) is 20.8 Å². The first kappa shape index (κ1) is 15.5. The number of hydrogen-bond acceptors (Lipinski definition) is 3. The topological polar surface area (TPSA) is 75.6 Å². The van der Waals surface area contributed by atoms with Crippen molar-refractivity contribution in [3.63, 3.8) is 0 Å². The molecule has 19 heavy (non-hydrogen) atoms. The number of nitrogens with one attached hydrogen (secondary N) is 1. The quantitative estimate of drug-likeness (QED) is 0.772. The summed E-state index contributed by atoms with van der Waals surface area (Å²) >= 11 is 0. The molecule has 1 fully saturated rings. The second kappa shape index (κ2) is 6.59. The Bertz CT molecular complexity index is 349. The number of carboxylic acids is 1. The highest BCUT2D eigenvalue weighted by molar-refractivity contribution is 5.79. The Kier molecular flexibility index (Phi) is 5.39. The third kappa shape index (κ3) is 6.84. The SMILES string of the molecule is CC(C)(C)OC(=O)NC1CCC(C=CC(=O)O)CC1. The molecule has 0 aliphatic heterocycles. The van der Waals surface area contributed by atoms with E-state index < -0.39 is 11.6 Å². The van der Waals surface area contributed by atoms with Crippen molar-refractivity contribution in [2.45, 2.75) is 58.1 Å². The Morgan fingerprint density at radius 1 is 1.21 bits per heavy atom. The maximum absolute atomic E-state index is 11.6. The van der Waals surface area contributed by atoms with E-state index in [9.17, 15) is 9.59 Å². The van der Waals surface area contributed by atoms with Gasteiger partial charge in [-0.1, -0.05) is 6.08 Å². The normalized spacial score (nSPS) is 24.2. The second-order valence-corrected chi connectivity index (χ2v) is 5.96. The summed E-state index contributed by atoms with van der Waals surface area (Å²) in [5, 5.41) is 11.4. The summed E-state index contributed by atoms with van der Waals surface area (Å²) in [6.07, 6.45) is 6.06. The molecule has 0 aromatic rings. The van der Waals surface area contributed by atoms with Gasteiger partial charge >= 0.3 is 12.1 Å². The molecule has 2 N–H and O–H groups in total. The van der Waals surface area contributed by atoms with Gasteiger partial charge in [0.25, 0.3) is 0 Å². The number of carbonyl (C=O) groups is 2. The van der Waals surface area contributed by atoms with Crippen LogP contribution in [-0.2, 0) is 9.53 Å². The van der Waals surface area contributed by atoms with E-state index in [0.29, 0.717) is 5.92 Å². The fourth-order valence-corrected chi connectivity index (χ4v) is 2.15. The Balaban J connectivity index is 2.30. The molecule has 5 heteroatoms. The first-order chi connectivity index (χ1) is 8.76. The minimum Gasteiger partial charge on any atom is -0.478 e. The Morgan fingerprint density at radius 2 is 1.79 bits per heavy atom. The maximum atomic E-state index is 11.6. The molecule has 0 saturated heterocycles. The van der Waals surface area contributed by atoms with E-state index >= 15 is 0 Å². The van der Waals surface area contributed by atoms with Crippen LogP contribution in [0.15, 0.2) is 12.2 Å². The molecule has 1 aliphatic carbocycles. The van der Waals surface area contributed by atoms with E-state index in [1.165, 1.54) is 6.08 Å². The molecule has 1 aliphatic rings. The summed E-state index contributed by atoms with van der Waals surface area (Å²) in [6.45, 7) is 5.50. The van der Waals surface area contributed by atoms with Gasteiger partial charge in [0.05, 0.1) is 0 Å². The lowest BCUT2D eigenvalue weighted by molar-refractivity contribution is -0.131. The maximum Gasteiger partial charge on any atom is 0.407 e. The molecule has 0 heterocycles. The standard InChI is InChI=1S/C14H23NO4/c1-14(2,3)19-13(18)15-11-7-4-10(5-8-11)6-9-12(16)17/h6,9-11H,4-5,7-8H2,1-3H3,(H,15,18)(H,16,17). The highest BCUT2D eigenvalue weighted by Crippen LogP contribution is 2.25. The lowest BCUT2D eigenvalue weighted by Gasteiger charge is -2.28. The Hall–Kier alpha value is -1.52. The zero-order valence-corrected chi connectivity index (χ0v) is 11.8. The van der Waals surface area contributed by atoms with E-state index in [2.05, 4.69) is 5.32 Å². The molecule has 5 nitrogen and oxygen atoms in total. The molecule has 1 amide bonds. The molecule has 108 valence electrons. The van der Waals surface area contributed by atoms with Crippen molar-refractivity contribution in [1.29, 1.82) is 0 Å². The van der Waals surface area contributed by atoms with Crippen molar-refractivity contribution in [1.82, 2.24) is 5.32 Å². The number of ether oxygens (including phenoxy) is 1. The van der Waals surface area contributed by atoms with Gasteiger partial charge in [-0.15, -0.1) is 0 Å². The van der Waals surface area contributed by atoms with Crippen molar-refractivity contribution >= 4 is 12.1 Å². The van der Waals surface area contributed by atoms with Gasteiger partial charge in [-0.25, -0.2) is 9.59 Å². The minimum atomic E-state index is -0.908. The van der Waals surface area contributed by atoms with Gasteiger partial charge in [-0.3, -0.25) is 0 Å². The predicted octanol–water partition coefficient (Wildman–Crippen LogP) is 2.71. The number of amides is 1. The summed E-state index contributed by atoms with van der Waals surface area (Å²) in [5.74, 6) is -0.609. The number of carboxylic acid groups (broad SMARTS) is 1. The molecule has 0 aromatic heterocycles. The molecule has 0 atom stereocenters. The number of allylic oxidation sites excluding steroid dienone is 1. The monoisotopic (exact) mass is 269 g/mol. The number of aliphatic carboxylic acids is 1. The van der Waals surface area contributed by atoms with Crippen molar-refractivity contribution in [2.24, 2.45) is 5.92 Å². The van der Waals surface area contributed by atoms with Crippen LogP contribution in [0.25, 0.3) is 0 Å². The van der Waals surface area contributed by atoms with Crippen LogP contribution in [0.2, 0.25) is 0 Å². The van der Waals surface area contributed by atoms with E-state index in [0.717, 1.165) is 25.7 Å². The van der Waals surface area contributed by atoms with Crippen LogP contribution in [0.4, 0.5) is 4.79 Å². The molecular formula is C14H23NO4. The van der Waals surface area contributed by atoms with Gasteiger partial charge in [0.15, 0.2) is 0 Å². The zero-order valence-electron chi connectivity index (χ0n) is 11.8. The minimum absolute atomic E-state index is 0.129. The Morgan fingerprint density at radius 3 is 2.26 bits per heavy atom. The molecule has 0 aromatic carbocycles. The summed E-state index contributed by atoms with van der Waals surface area (Å²) in [5.41, 5.74) is -0.481. The van der Waals surface area contributed by atoms with Crippen molar-refractivity contribution < 1.29 is 19.4 Å². The van der Waals surface area contributed by atoms with Crippen LogP contribution in [0.5, 0.6) is 0 Å². The lowest BCUT2D eigenvalue weighted by Crippen LogP contribution is -2.40. The van der Waals surface area contributed by atoms with Crippen LogP contribution in [0.1, 0.15) is 46.5 Å². The Labute approximate surface area is 114 Å². The van der Waals surface area contributed by atoms with Gasteiger partial charge in [0.1, 0.15) is 5.60 Å². The summed E-state index contributed by atoms with van der Waals surface area (Å²) in [6, 6.07) is 0.129. The predicted molar refractivity (Wildman–Crippen MR) is 71.9 cm³/mol. The highest BCUT2D eigenvalue weighted by Gasteiger charge is 2.23. The summed E-state index contributed by atoms with van der Waals surface area (Å²) in [4.78, 5) is 22.0. The third-order valence-corrected chi connectivity index (χ3v) is 3.00. The molecule has 0 bridgehead atoms. The van der Waals surface area contributed by atoms with Gasteiger partial charge in [0, 0.05) is 12.1 Å². The molecule has 0 spiro atoms. The summed E-state index contributed by atoms with van der Waals surface area (Å²) in [7, 11) is 0. The smallest absolute Gasteiger partial charge is 0.407 e. The number of hydrogen-bond donors (Lipinski definition) is 2. The number of carbonyl (C=O) groups excluding carboxylic acids is 1. The zero-order chi connectivity index (χ0) is 14.5. The second-order valence-electron chi connectivity index (χ2n) is 5.96. The fourth-order valence-electron chi connectivity index (χ4n) is 2.15. The number of rotatable bonds is 3. The molecular weight excluding hydrogens is 246 g/mol. The van der Waals surface area contributed by atoms with Crippen LogP contribution >= 0.6 is 0 Å². The van der Waals surface area contributed by atoms with E-state index in [4.69, 9.17) is 9.84 Å². The summed E-state index contributed by atoms with van der Waals surface area (Å²) < 4.78 is 5.20. The van der Waals surface area contributed by atoms with Crippen LogP contribution < -0.4 is 5.32 Å². The van der Waals surface area contributed by atoms with Crippen LogP contribution in [0, 0.1) is 5.92 Å². The van der Waals surface area contributed by atoms with Gasteiger partial charge in [0.2, 0.25) is 0 Å². The van der Waals surface area contributed by atoms with Gasteiger partial charge < -0.3 is 15.2 Å². The van der Waals surface area contributed by atoms with Crippen molar-refractivity contribution in [3.05, 3.63) is 12.2 Å². The van der Waals surface area contributed by atoms with Gasteiger partial charge in [-0.2, -0.15) is 0 Å². The molecule has 0 unspecified atom stereocenters. The van der Waals surface area contributed by atoms with Crippen LogP contribution in [0.3, 0.4) is 0 Å². The fraction of sp³-hybridized carbons (Fsp3) is 0.714. The third-order valence-electron chi connectivity index (χ3n) is 3.00. The molecule has 0 radical (unpaired) electrons. The van der Waals surface area contributed by atoms with Crippen molar-refractivity contribution in [3.8, 4) is 0 Å². The number of alkyl carbamates (subject to hydrolysis) is 1. The lowest BCUT2D eigenvalue weighted by atomic mass is 9.86. The first-order valence-electron chi connectivity index (χ1n) is 6.67. The average Bonchev–Trinajstić information content (AvgIpc) is 2.25. The molecule has 1 saturated carbocycles. The van der Waals surface area contributed by atoms with E-state index in [1.54, 1.807) is 6.08 Å². The first-order valence-corrected chi connectivity index (χ1v) is 6.67. The van der Waals surface area contributed by atoms with Gasteiger partial charge in [-0.05, 0) is 52.4 Å². The highest BCUT2D eigenvalue weighted by atomic mass is 16.6. The van der Waals surface area contributed by atoms with Crippen molar-refractivity contribution in [2.75, 3.05) is 0 Å². The van der Waals surface area contributed by atoms with E-state index in [-0.39, 0.29) is 12.1 Å². The molecule has 1 rings (SSSR count). The van der Waals surface area contributed by atoms with Crippen LogP contribution in [-0.4, -0.2) is 28.8 Å². The average molecular weight is 269 g/mol.